The quantitative estimate of drug-likeness (QED) is 0.352. The van der Waals surface area contributed by atoms with E-state index in [-0.39, 0.29) is 46.8 Å². The Morgan fingerprint density at radius 3 is 2.81 bits per heavy atom. The number of hydrogen-bond donors (Lipinski definition) is 1. The second-order valence-electron chi connectivity index (χ2n) is 9.94. The van der Waals surface area contributed by atoms with Gasteiger partial charge in [0, 0.05) is 17.5 Å². The molecule has 1 N–H and O–H groups in total. The minimum absolute atomic E-state index is 0. The van der Waals surface area contributed by atoms with Crippen LogP contribution in [0.5, 0.6) is 0 Å². The molecule has 1 aromatic rings. The predicted molar refractivity (Wildman–Crippen MR) is 99.8 cm³/mol. The van der Waals surface area contributed by atoms with Crippen molar-refractivity contribution in [1.29, 1.82) is 0 Å². The molecule has 27 heavy (non-hydrogen) atoms. The van der Waals surface area contributed by atoms with Crippen molar-refractivity contribution in [2.45, 2.75) is 55.5 Å². The van der Waals surface area contributed by atoms with Crippen molar-refractivity contribution in [1.82, 2.24) is 0 Å². The number of para-hydroxylation sites is 1. The van der Waals surface area contributed by atoms with Crippen molar-refractivity contribution in [3.05, 3.63) is 29.8 Å². The Kier molecular flexibility index (Phi) is 3.65. The van der Waals surface area contributed by atoms with Crippen LogP contribution in [0.2, 0.25) is 0 Å². The van der Waals surface area contributed by atoms with Crippen LogP contribution < -0.4 is 29.3 Å². The van der Waals surface area contributed by atoms with E-state index in [4.69, 9.17) is 4.74 Å². The second-order valence-corrected chi connectivity index (χ2v) is 9.94. The predicted octanol–water partition coefficient (Wildman–Crippen LogP) is 0.0785. The van der Waals surface area contributed by atoms with Gasteiger partial charge in [-0.2, -0.15) is 0 Å². The van der Waals surface area contributed by atoms with E-state index in [1.54, 1.807) is 7.11 Å². The highest BCUT2D eigenvalue weighted by Crippen LogP contribution is 2.75. The number of methoxy groups -OCH3 is 1. The normalized spacial score (nSPS) is 47.9. The first-order valence-corrected chi connectivity index (χ1v) is 10.3. The van der Waals surface area contributed by atoms with Crippen LogP contribution in [-0.4, -0.2) is 49.3 Å². The molecule has 5 fully saturated rings. The topological polar surface area (TPSA) is 38.3 Å². The first-order valence-electron chi connectivity index (χ1n) is 10.3. The van der Waals surface area contributed by atoms with Crippen molar-refractivity contribution in [3.8, 4) is 0 Å². The lowest BCUT2D eigenvalue weighted by Gasteiger charge is -2.68. The number of piperidine rings is 1. The fourth-order valence-corrected chi connectivity index (χ4v) is 8.79. The van der Waals surface area contributed by atoms with Crippen LogP contribution in [0.4, 0.5) is 5.69 Å². The maximum absolute atomic E-state index is 13.0. The van der Waals surface area contributed by atoms with Gasteiger partial charge in [-0.1, -0.05) is 18.2 Å². The molecule has 4 nitrogen and oxygen atoms in total. The van der Waals surface area contributed by atoms with Gasteiger partial charge in [-0.15, -0.1) is 0 Å². The van der Waals surface area contributed by atoms with Crippen molar-refractivity contribution >= 4 is 11.7 Å². The summed E-state index contributed by atoms with van der Waals surface area (Å²) in [5.74, 6) is -0.0107. The number of nitrogens with zero attached hydrogens (tertiary/aromatic N) is 1. The average molecular weight is 480 g/mol. The molecule has 0 radical (unpaired) electrons. The molecule has 3 aliphatic carbocycles. The molecule has 7 rings (SSSR count). The van der Waals surface area contributed by atoms with E-state index < -0.39 is 0 Å². The Balaban J connectivity index is 0.00000160. The first kappa shape index (κ1) is 18.2. The van der Waals surface area contributed by atoms with Gasteiger partial charge in [0.15, 0.2) is 0 Å². The number of carbonyl (C=O) groups is 1. The van der Waals surface area contributed by atoms with Crippen LogP contribution in [0.15, 0.2) is 24.3 Å². The van der Waals surface area contributed by atoms with Gasteiger partial charge in [0.1, 0.15) is 6.04 Å². The van der Waals surface area contributed by atoms with Crippen molar-refractivity contribution in [2.75, 3.05) is 32.6 Å². The van der Waals surface area contributed by atoms with Crippen LogP contribution in [0.3, 0.4) is 0 Å². The smallest absolute Gasteiger partial charge is 0.311 e. The number of esters is 1. The van der Waals surface area contributed by atoms with E-state index in [1.807, 2.05) is 0 Å². The van der Waals surface area contributed by atoms with Gasteiger partial charge in [0.25, 0.3) is 0 Å². The van der Waals surface area contributed by atoms with E-state index in [0.29, 0.717) is 11.5 Å². The van der Waals surface area contributed by atoms with Gasteiger partial charge in [0.05, 0.1) is 44.1 Å². The number of carbonyl (C=O) groups excluding carboxylic acids is 1. The molecule has 1 aromatic carbocycles. The third-order valence-electron chi connectivity index (χ3n) is 9.30. The summed E-state index contributed by atoms with van der Waals surface area (Å²) in [6.45, 7) is 2.55. The standard InChI is InChI=1S/C22H29N2O2.HI/c1-24-12-5-8-20-9-10-22(16(14-20)18(25)26-2)21(11-13-24,19(20)24)15-6-3-4-7-17(15)23-22;/h3-4,6-7,16,19,23H,5,8-14H2,1-2H3;1H/q+1;/p-1. The van der Waals surface area contributed by atoms with Gasteiger partial charge in [-0.3, -0.25) is 4.79 Å². The molecular weight excluding hydrogens is 451 g/mol. The number of anilines is 1. The van der Waals surface area contributed by atoms with E-state index in [9.17, 15) is 4.79 Å². The Morgan fingerprint density at radius 2 is 2.00 bits per heavy atom. The second kappa shape index (κ2) is 5.41. The third kappa shape index (κ3) is 1.78. The zero-order valence-electron chi connectivity index (χ0n) is 16.3. The first-order chi connectivity index (χ1) is 12.5. The maximum atomic E-state index is 13.0. The molecule has 2 saturated heterocycles. The lowest BCUT2D eigenvalue weighted by Crippen LogP contribution is -3.00. The molecule has 0 aromatic heterocycles. The van der Waals surface area contributed by atoms with Gasteiger partial charge < -0.3 is 38.5 Å². The molecule has 6 unspecified atom stereocenters. The van der Waals surface area contributed by atoms with E-state index in [2.05, 4.69) is 36.6 Å². The molecule has 146 valence electrons. The van der Waals surface area contributed by atoms with Crippen LogP contribution >= 0.6 is 0 Å². The largest absolute Gasteiger partial charge is 1.00 e. The van der Waals surface area contributed by atoms with Crippen molar-refractivity contribution in [2.24, 2.45) is 11.3 Å². The van der Waals surface area contributed by atoms with Crippen molar-refractivity contribution in [3.63, 3.8) is 0 Å². The Bertz CT molecular complexity index is 830. The number of halogens is 1. The minimum Gasteiger partial charge on any atom is -1.00 e. The molecule has 3 saturated carbocycles. The SMILES string of the molecule is COC(=O)C1CC23CCC[N+]4(C)CCC5(c6ccccc6NC15CC2)C34.[I-]. The molecule has 6 aliphatic rings. The van der Waals surface area contributed by atoms with Gasteiger partial charge in [-0.25, -0.2) is 0 Å². The number of nitrogens with one attached hydrogen (secondary N) is 1. The Morgan fingerprint density at radius 1 is 1.19 bits per heavy atom. The molecule has 5 heteroatoms. The van der Waals surface area contributed by atoms with Gasteiger partial charge >= 0.3 is 5.97 Å². The van der Waals surface area contributed by atoms with Crippen molar-refractivity contribution < 1.29 is 38.0 Å². The molecule has 3 spiro atoms. The summed E-state index contributed by atoms with van der Waals surface area (Å²) in [7, 11) is 4.07. The summed E-state index contributed by atoms with van der Waals surface area (Å²) in [5.41, 5.74) is 3.02. The summed E-state index contributed by atoms with van der Waals surface area (Å²) in [5, 5.41) is 3.96. The highest BCUT2D eigenvalue weighted by atomic mass is 127. The Hall–Kier alpha value is -0.820. The zero-order chi connectivity index (χ0) is 17.8. The highest BCUT2D eigenvalue weighted by Gasteiger charge is 2.83. The van der Waals surface area contributed by atoms with Gasteiger partial charge in [0.2, 0.25) is 0 Å². The third-order valence-corrected chi connectivity index (χ3v) is 9.30. The fraction of sp³-hybridized carbons (Fsp3) is 0.682. The number of rotatable bonds is 1. The van der Waals surface area contributed by atoms with Crippen LogP contribution in [0.25, 0.3) is 0 Å². The number of hydrogen-bond acceptors (Lipinski definition) is 3. The molecule has 6 atom stereocenters. The molecule has 3 aliphatic heterocycles. The summed E-state index contributed by atoms with van der Waals surface area (Å²) in [6.07, 6.45) is 7.19. The summed E-state index contributed by atoms with van der Waals surface area (Å²) < 4.78 is 6.58. The van der Waals surface area contributed by atoms with E-state index in [0.717, 1.165) is 12.8 Å². The lowest BCUT2D eigenvalue weighted by atomic mass is 9.38. The van der Waals surface area contributed by atoms with E-state index in [1.165, 1.54) is 54.5 Å². The van der Waals surface area contributed by atoms with E-state index >= 15 is 0 Å². The summed E-state index contributed by atoms with van der Waals surface area (Å²) in [6, 6.07) is 9.56. The average Bonchev–Trinajstić information content (AvgIpc) is 3.15. The number of quaternary nitrogens is 1. The lowest BCUT2D eigenvalue weighted by molar-refractivity contribution is -0.939. The highest BCUT2D eigenvalue weighted by molar-refractivity contribution is 5.80. The summed E-state index contributed by atoms with van der Waals surface area (Å²) >= 11 is 0. The number of ether oxygens (including phenoxy) is 1. The number of benzene rings is 1. The maximum Gasteiger partial charge on any atom is 0.311 e. The number of fused-ring (bicyclic) bond motifs is 3. The van der Waals surface area contributed by atoms with Crippen LogP contribution in [0, 0.1) is 11.3 Å². The zero-order valence-corrected chi connectivity index (χ0v) is 18.4. The monoisotopic (exact) mass is 480 g/mol. The van der Waals surface area contributed by atoms with Crippen LogP contribution in [0.1, 0.15) is 44.1 Å². The van der Waals surface area contributed by atoms with Crippen LogP contribution in [-0.2, 0) is 14.9 Å². The summed E-state index contributed by atoms with van der Waals surface area (Å²) in [4.78, 5) is 13.0. The molecule has 2 bridgehead atoms. The number of likely N-dealkylation sites (N-methyl/N-ethyl adjacent to an activating group) is 1. The Labute approximate surface area is 178 Å². The minimum atomic E-state index is -0.149. The molecular formula is C22H29IN2O2. The van der Waals surface area contributed by atoms with Gasteiger partial charge in [-0.05, 0) is 43.7 Å². The molecule has 0 amide bonds. The molecule has 3 heterocycles. The fourth-order valence-electron chi connectivity index (χ4n) is 8.79.